The Hall–Kier alpha value is -1.00. The minimum Gasteiger partial charge on any atom is -0.245 e. The van der Waals surface area contributed by atoms with Gasteiger partial charge in [0.25, 0.3) is 0 Å². The highest BCUT2D eigenvalue weighted by atomic mass is 35.5. The van der Waals surface area contributed by atoms with Crippen molar-refractivity contribution < 1.29 is 0 Å². The van der Waals surface area contributed by atoms with Gasteiger partial charge in [-0.3, -0.25) is 0 Å². The molecule has 12 heavy (non-hydrogen) atoms. The summed E-state index contributed by atoms with van der Waals surface area (Å²) in [4.78, 5) is 4.23. The standard InChI is InChI=1S/C10H10ClN/c1-9-5-4-7-10(12-9)6-2-3-8-11/h4-5,7H,3,8H2,1H3. The van der Waals surface area contributed by atoms with Crippen LogP contribution in [0.25, 0.3) is 0 Å². The van der Waals surface area contributed by atoms with Gasteiger partial charge in [0.05, 0.1) is 0 Å². The fraction of sp³-hybridized carbons (Fsp3) is 0.300. The van der Waals surface area contributed by atoms with Crippen molar-refractivity contribution >= 4 is 11.6 Å². The van der Waals surface area contributed by atoms with Crippen LogP contribution in [0.5, 0.6) is 0 Å². The summed E-state index contributed by atoms with van der Waals surface area (Å²) in [5.74, 6) is 6.46. The Bertz CT molecular complexity index is 309. The number of nitrogens with zero attached hydrogens (tertiary/aromatic N) is 1. The molecule has 0 aromatic carbocycles. The van der Waals surface area contributed by atoms with E-state index in [4.69, 9.17) is 11.6 Å². The molecule has 0 saturated carbocycles. The largest absolute Gasteiger partial charge is 0.245 e. The predicted octanol–water partition coefficient (Wildman–Crippen LogP) is 2.37. The third kappa shape index (κ3) is 2.94. The number of aromatic nitrogens is 1. The molecule has 1 rings (SSSR count). The molecule has 0 N–H and O–H groups in total. The number of alkyl halides is 1. The van der Waals surface area contributed by atoms with E-state index >= 15 is 0 Å². The normalized spacial score (nSPS) is 8.83. The Labute approximate surface area is 77.8 Å². The molecule has 0 aliphatic rings. The van der Waals surface area contributed by atoms with Crippen molar-refractivity contribution in [3.63, 3.8) is 0 Å². The molecular formula is C10H10ClN. The van der Waals surface area contributed by atoms with Crippen LogP contribution in [0, 0.1) is 18.8 Å². The number of halogens is 1. The van der Waals surface area contributed by atoms with Crippen LogP contribution < -0.4 is 0 Å². The fourth-order valence-electron chi connectivity index (χ4n) is 0.813. The second kappa shape index (κ2) is 4.79. The smallest absolute Gasteiger partial charge is 0.113 e. The molecule has 0 aliphatic heterocycles. The van der Waals surface area contributed by atoms with E-state index in [-0.39, 0.29) is 0 Å². The van der Waals surface area contributed by atoms with Crippen LogP contribution >= 0.6 is 11.6 Å². The lowest BCUT2D eigenvalue weighted by atomic mass is 10.3. The van der Waals surface area contributed by atoms with Crippen molar-refractivity contribution in [3.05, 3.63) is 29.6 Å². The molecule has 0 amide bonds. The first kappa shape index (κ1) is 9.09. The monoisotopic (exact) mass is 179 g/mol. The van der Waals surface area contributed by atoms with Crippen LogP contribution in [-0.2, 0) is 0 Å². The van der Waals surface area contributed by atoms with Crippen molar-refractivity contribution in [2.45, 2.75) is 13.3 Å². The minimum atomic E-state index is 0.582. The fourth-order valence-corrected chi connectivity index (χ4v) is 0.907. The molecule has 0 radical (unpaired) electrons. The van der Waals surface area contributed by atoms with Crippen LogP contribution in [0.2, 0.25) is 0 Å². The Kier molecular flexibility index (Phi) is 3.63. The van der Waals surface area contributed by atoms with E-state index in [9.17, 15) is 0 Å². The molecule has 1 heterocycles. The molecule has 0 fully saturated rings. The van der Waals surface area contributed by atoms with Crippen LogP contribution in [-0.4, -0.2) is 10.9 Å². The highest BCUT2D eigenvalue weighted by Crippen LogP contribution is 1.95. The molecule has 0 unspecified atom stereocenters. The molecule has 0 aliphatic carbocycles. The lowest BCUT2D eigenvalue weighted by molar-refractivity contribution is 1.17. The van der Waals surface area contributed by atoms with E-state index in [1.165, 1.54) is 0 Å². The van der Waals surface area contributed by atoms with Crippen molar-refractivity contribution in [2.75, 3.05) is 5.88 Å². The average Bonchev–Trinajstić information content (AvgIpc) is 2.05. The Morgan fingerprint density at radius 2 is 2.33 bits per heavy atom. The van der Waals surface area contributed by atoms with Gasteiger partial charge in [0.15, 0.2) is 0 Å². The van der Waals surface area contributed by atoms with E-state index in [0.717, 1.165) is 17.8 Å². The third-order valence-corrected chi connectivity index (χ3v) is 1.51. The quantitative estimate of drug-likeness (QED) is 0.477. The van der Waals surface area contributed by atoms with Gasteiger partial charge in [-0.25, -0.2) is 4.98 Å². The second-order valence-electron chi connectivity index (χ2n) is 2.40. The first-order valence-corrected chi connectivity index (χ1v) is 4.35. The van der Waals surface area contributed by atoms with Crippen molar-refractivity contribution in [1.82, 2.24) is 4.98 Å². The number of hydrogen-bond acceptors (Lipinski definition) is 1. The molecule has 0 atom stereocenters. The summed E-state index contributed by atoms with van der Waals surface area (Å²) < 4.78 is 0. The molecule has 0 spiro atoms. The third-order valence-electron chi connectivity index (χ3n) is 1.32. The lowest BCUT2D eigenvalue weighted by Gasteiger charge is -1.90. The van der Waals surface area contributed by atoms with Crippen LogP contribution in [0.3, 0.4) is 0 Å². The number of pyridine rings is 1. The molecule has 1 aromatic rings. The summed E-state index contributed by atoms with van der Waals surface area (Å²) in [5, 5.41) is 0. The molecular weight excluding hydrogens is 170 g/mol. The molecule has 1 aromatic heterocycles. The maximum atomic E-state index is 5.48. The summed E-state index contributed by atoms with van der Waals surface area (Å²) >= 11 is 5.48. The van der Waals surface area contributed by atoms with Gasteiger partial charge in [-0.2, -0.15) is 0 Å². The van der Waals surface area contributed by atoms with E-state index in [2.05, 4.69) is 16.8 Å². The number of rotatable bonds is 1. The van der Waals surface area contributed by atoms with Crippen molar-refractivity contribution in [1.29, 1.82) is 0 Å². The lowest BCUT2D eigenvalue weighted by Crippen LogP contribution is -1.84. The van der Waals surface area contributed by atoms with E-state index in [1.54, 1.807) is 0 Å². The summed E-state index contributed by atoms with van der Waals surface area (Å²) in [7, 11) is 0. The second-order valence-corrected chi connectivity index (χ2v) is 2.78. The van der Waals surface area contributed by atoms with Crippen LogP contribution in [0.15, 0.2) is 18.2 Å². The maximum absolute atomic E-state index is 5.48. The summed E-state index contributed by atoms with van der Waals surface area (Å²) in [6, 6.07) is 5.80. The van der Waals surface area contributed by atoms with Crippen LogP contribution in [0.4, 0.5) is 0 Å². The summed E-state index contributed by atoms with van der Waals surface area (Å²) in [5.41, 5.74) is 1.81. The maximum Gasteiger partial charge on any atom is 0.113 e. The number of aryl methyl sites for hydroxylation is 1. The average molecular weight is 180 g/mol. The SMILES string of the molecule is Cc1cccc(C#CCCCl)n1. The van der Waals surface area contributed by atoms with E-state index < -0.39 is 0 Å². The van der Waals surface area contributed by atoms with Gasteiger partial charge in [-0.05, 0) is 25.0 Å². The topological polar surface area (TPSA) is 12.9 Å². The minimum absolute atomic E-state index is 0.582. The first-order chi connectivity index (χ1) is 5.83. The van der Waals surface area contributed by atoms with Gasteiger partial charge in [-0.1, -0.05) is 12.0 Å². The Balaban J connectivity index is 2.71. The zero-order chi connectivity index (χ0) is 8.81. The highest BCUT2D eigenvalue weighted by molar-refractivity contribution is 6.18. The highest BCUT2D eigenvalue weighted by Gasteiger charge is 1.87. The van der Waals surface area contributed by atoms with Gasteiger partial charge in [0.2, 0.25) is 0 Å². The van der Waals surface area contributed by atoms with Gasteiger partial charge in [0, 0.05) is 18.0 Å². The van der Waals surface area contributed by atoms with Gasteiger partial charge in [0.1, 0.15) is 5.69 Å². The zero-order valence-electron chi connectivity index (χ0n) is 6.97. The zero-order valence-corrected chi connectivity index (χ0v) is 7.73. The van der Waals surface area contributed by atoms with Gasteiger partial charge < -0.3 is 0 Å². The summed E-state index contributed by atoms with van der Waals surface area (Å²) in [6.07, 6.45) is 0.719. The molecule has 62 valence electrons. The van der Waals surface area contributed by atoms with Crippen molar-refractivity contribution in [2.24, 2.45) is 0 Å². The van der Waals surface area contributed by atoms with E-state index in [1.807, 2.05) is 25.1 Å². The van der Waals surface area contributed by atoms with Gasteiger partial charge in [-0.15, -0.1) is 11.6 Å². The predicted molar refractivity (Wildman–Crippen MR) is 51.2 cm³/mol. The molecule has 0 bridgehead atoms. The Morgan fingerprint density at radius 1 is 1.50 bits per heavy atom. The number of hydrogen-bond donors (Lipinski definition) is 0. The Morgan fingerprint density at radius 3 is 3.00 bits per heavy atom. The van der Waals surface area contributed by atoms with Crippen LogP contribution in [0.1, 0.15) is 17.8 Å². The first-order valence-electron chi connectivity index (χ1n) is 3.81. The molecule has 2 heteroatoms. The molecule has 1 nitrogen and oxygen atoms in total. The molecule has 0 saturated heterocycles. The van der Waals surface area contributed by atoms with Gasteiger partial charge >= 0.3 is 0 Å². The van der Waals surface area contributed by atoms with E-state index in [0.29, 0.717) is 5.88 Å². The summed E-state index contributed by atoms with van der Waals surface area (Å²) in [6.45, 7) is 1.95. The van der Waals surface area contributed by atoms with Crippen molar-refractivity contribution in [3.8, 4) is 11.8 Å².